The molecule has 1 heterocycles. The first-order valence-corrected chi connectivity index (χ1v) is 8.89. The molecular formula is C18H24N2S. The highest BCUT2D eigenvalue weighted by Crippen LogP contribution is 2.38. The van der Waals surface area contributed by atoms with Crippen LogP contribution >= 0.6 is 11.3 Å². The van der Waals surface area contributed by atoms with E-state index in [0.29, 0.717) is 5.92 Å². The molecular weight excluding hydrogens is 276 g/mol. The smallest absolute Gasteiger partial charge is 0.0966 e. The highest BCUT2D eigenvalue weighted by atomic mass is 32.1. The van der Waals surface area contributed by atoms with Gasteiger partial charge in [0.2, 0.25) is 0 Å². The van der Waals surface area contributed by atoms with Gasteiger partial charge in [0.1, 0.15) is 0 Å². The van der Waals surface area contributed by atoms with Crippen LogP contribution in [0.5, 0.6) is 0 Å². The van der Waals surface area contributed by atoms with E-state index in [4.69, 9.17) is 4.98 Å². The number of benzene rings is 1. The first-order chi connectivity index (χ1) is 10.4. The maximum atomic E-state index is 5.05. The summed E-state index contributed by atoms with van der Waals surface area (Å²) in [5.41, 5.74) is 2.48. The first kappa shape index (κ1) is 14.7. The van der Waals surface area contributed by atoms with Crippen molar-refractivity contribution in [3.05, 3.63) is 40.2 Å². The molecule has 1 aromatic heterocycles. The molecule has 1 aromatic carbocycles. The van der Waals surface area contributed by atoms with Crippen LogP contribution < -0.4 is 5.32 Å². The lowest BCUT2D eigenvalue weighted by Crippen LogP contribution is -2.09. The van der Waals surface area contributed by atoms with Gasteiger partial charge in [-0.1, -0.05) is 49.6 Å². The molecule has 2 aromatic rings. The number of nitrogens with one attached hydrogen (secondary N) is 1. The summed E-state index contributed by atoms with van der Waals surface area (Å²) in [4.78, 5) is 6.49. The van der Waals surface area contributed by atoms with Gasteiger partial charge in [0, 0.05) is 16.4 Å². The number of hydrogen-bond donors (Lipinski definition) is 1. The fourth-order valence-corrected chi connectivity index (χ4v) is 4.38. The van der Waals surface area contributed by atoms with Crippen molar-refractivity contribution in [1.82, 2.24) is 10.3 Å². The average Bonchev–Trinajstić information content (AvgIpc) is 2.99. The molecule has 0 atom stereocenters. The normalized spacial score (nSPS) is 16.2. The summed E-state index contributed by atoms with van der Waals surface area (Å²) >= 11 is 1.95. The fourth-order valence-electron chi connectivity index (χ4n) is 3.12. The average molecular weight is 300 g/mol. The Bertz CT molecular complexity index is 556. The lowest BCUT2D eigenvalue weighted by atomic mass is 9.90. The van der Waals surface area contributed by atoms with Gasteiger partial charge < -0.3 is 5.32 Å². The van der Waals surface area contributed by atoms with Crippen molar-refractivity contribution in [3.63, 3.8) is 0 Å². The molecule has 21 heavy (non-hydrogen) atoms. The molecule has 0 saturated heterocycles. The predicted molar refractivity (Wildman–Crippen MR) is 91.0 cm³/mol. The summed E-state index contributed by atoms with van der Waals surface area (Å²) < 4.78 is 0. The number of aromatic nitrogens is 1. The van der Waals surface area contributed by atoms with E-state index >= 15 is 0 Å². The highest BCUT2D eigenvalue weighted by Gasteiger charge is 2.21. The van der Waals surface area contributed by atoms with Crippen molar-refractivity contribution in [2.75, 3.05) is 13.6 Å². The Balaban J connectivity index is 1.90. The van der Waals surface area contributed by atoms with E-state index in [2.05, 4.69) is 35.6 Å². The molecule has 1 saturated carbocycles. The molecule has 112 valence electrons. The third-order valence-electron chi connectivity index (χ3n) is 4.32. The SMILES string of the molecule is CNCCc1sc(C2CCCCC2)nc1-c1ccccc1. The lowest BCUT2D eigenvalue weighted by molar-refractivity contribution is 0.442. The minimum Gasteiger partial charge on any atom is -0.319 e. The summed E-state index contributed by atoms with van der Waals surface area (Å²) in [7, 11) is 2.02. The molecule has 1 aliphatic rings. The van der Waals surface area contributed by atoms with Crippen LogP contribution in [-0.4, -0.2) is 18.6 Å². The number of hydrogen-bond acceptors (Lipinski definition) is 3. The quantitative estimate of drug-likeness (QED) is 0.871. The molecule has 0 radical (unpaired) electrons. The molecule has 2 nitrogen and oxygen atoms in total. The Hall–Kier alpha value is -1.19. The van der Waals surface area contributed by atoms with Gasteiger partial charge in [-0.2, -0.15) is 0 Å². The molecule has 0 amide bonds. The monoisotopic (exact) mass is 300 g/mol. The molecule has 1 N–H and O–H groups in total. The van der Waals surface area contributed by atoms with Crippen LogP contribution in [0.4, 0.5) is 0 Å². The lowest BCUT2D eigenvalue weighted by Gasteiger charge is -2.18. The summed E-state index contributed by atoms with van der Waals surface area (Å²) in [5.74, 6) is 0.703. The van der Waals surface area contributed by atoms with Crippen molar-refractivity contribution < 1.29 is 0 Å². The van der Waals surface area contributed by atoms with E-state index in [1.807, 2.05) is 18.4 Å². The molecule has 0 unspecified atom stereocenters. The molecule has 1 fully saturated rings. The summed E-state index contributed by atoms with van der Waals surface area (Å²) in [6.07, 6.45) is 7.87. The molecule has 0 aliphatic heterocycles. The fraction of sp³-hybridized carbons (Fsp3) is 0.500. The van der Waals surface area contributed by atoms with Crippen molar-refractivity contribution in [3.8, 4) is 11.3 Å². The number of nitrogens with zero attached hydrogens (tertiary/aromatic N) is 1. The van der Waals surface area contributed by atoms with Crippen LogP contribution in [0.3, 0.4) is 0 Å². The third kappa shape index (κ3) is 3.53. The second kappa shape index (κ2) is 7.19. The number of thiazole rings is 1. The number of rotatable bonds is 5. The Morgan fingerprint density at radius 3 is 2.62 bits per heavy atom. The van der Waals surface area contributed by atoms with Gasteiger partial charge in [-0.25, -0.2) is 4.98 Å². The van der Waals surface area contributed by atoms with Gasteiger partial charge in [-0.15, -0.1) is 11.3 Å². The van der Waals surface area contributed by atoms with Crippen LogP contribution in [-0.2, 0) is 6.42 Å². The maximum absolute atomic E-state index is 5.05. The topological polar surface area (TPSA) is 24.9 Å². The zero-order valence-electron chi connectivity index (χ0n) is 12.8. The van der Waals surface area contributed by atoms with E-state index in [9.17, 15) is 0 Å². The molecule has 0 bridgehead atoms. The van der Waals surface area contributed by atoms with Gasteiger partial charge in [-0.05, 0) is 32.9 Å². The van der Waals surface area contributed by atoms with Crippen molar-refractivity contribution in [1.29, 1.82) is 0 Å². The first-order valence-electron chi connectivity index (χ1n) is 8.08. The van der Waals surface area contributed by atoms with Crippen molar-refractivity contribution in [2.45, 2.75) is 44.4 Å². The van der Waals surface area contributed by atoms with Gasteiger partial charge in [0.05, 0.1) is 10.7 Å². The van der Waals surface area contributed by atoms with E-state index < -0.39 is 0 Å². The van der Waals surface area contributed by atoms with Crippen LogP contribution in [0.25, 0.3) is 11.3 Å². The van der Waals surface area contributed by atoms with Gasteiger partial charge in [0.15, 0.2) is 0 Å². The van der Waals surface area contributed by atoms with Gasteiger partial charge in [-0.3, -0.25) is 0 Å². The van der Waals surface area contributed by atoms with Gasteiger partial charge in [0.25, 0.3) is 0 Å². The van der Waals surface area contributed by atoms with Crippen LogP contribution in [0, 0.1) is 0 Å². The summed E-state index contributed by atoms with van der Waals surface area (Å²) in [5, 5.41) is 4.64. The van der Waals surface area contributed by atoms with Gasteiger partial charge >= 0.3 is 0 Å². The minimum atomic E-state index is 0.703. The summed E-state index contributed by atoms with van der Waals surface area (Å²) in [6.45, 7) is 1.02. The largest absolute Gasteiger partial charge is 0.319 e. The zero-order chi connectivity index (χ0) is 14.5. The molecule has 3 rings (SSSR count). The van der Waals surface area contributed by atoms with E-state index in [0.717, 1.165) is 13.0 Å². The zero-order valence-corrected chi connectivity index (χ0v) is 13.6. The Morgan fingerprint density at radius 2 is 1.90 bits per heavy atom. The van der Waals surface area contributed by atoms with Crippen molar-refractivity contribution in [2.24, 2.45) is 0 Å². The second-order valence-corrected chi connectivity index (χ2v) is 6.99. The van der Waals surface area contributed by atoms with Crippen LogP contribution in [0.15, 0.2) is 30.3 Å². The maximum Gasteiger partial charge on any atom is 0.0966 e. The second-order valence-electron chi connectivity index (χ2n) is 5.88. The van der Waals surface area contributed by atoms with E-state index in [-0.39, 0.29) is 0 Å². The Morgan fingerprint density at radius 1 is 1.14 bits per heavy atom. The third-order valence-corrected chi connectivity index (χ3v) is 5.60. The summed E-state index contributed by atoms with van der Waals surface area (Å²) in [6, 6.07) is 10.7. The predicted octanol–water partition coefficient (Wildman–Crippen LogP) is 4.62. The van der Waals surface area contributed by atoms with Crippen LogP contribution in [0.2, 0.25) is 0 Å². The van der Waals surface area contributed by atoms with Crippen LogP contribution in [0.1, 0.15) is 47.9 Å². The molecule has 3 heteroatoms. The molecule has 0 spiro atoms. The van der Waals surface area contributed by atoms with E-state index in [1.165, 1.54) is 53.2 Å². The van der Waals surface area contributed by atoms with Crippen molar-refractivity contribution >= 4 is 11.3 Å². The Labute approximate surface area is 131 Å². The molecule has 1 aliphatic carbocycles. The van der Waals surface area contributed by atoms with E-state index in [1.54, 1.807) is 0 Å². The number of likely N-dealkylation sites (N-methyl/N-ethyl adjacent to an activating group) is 1. The highest BCUT2D eigenvalue weighted by molar-refractivity contribution is 7.12. The standard InChI is InChI=1S/C18H24N2S/c1-19-13-12-16-17(14-8-4-2-5-9-14)20-18(21-16)15-10-6-3-7-11-15/h2,4-5,8-9,15,19H,3,6-7,10-13H2,1H3. The minimum absolute atomic E-state index is 0.703. The Kier molecular flexibility index (Phi) is 5.04.